The lowest BCUT2D eigenvalue weighted by atomic mass is 9.95. The van der Waals surface area contributed by atoms with Crippen molar-refractivity contribution in [2.45, 2.75) is 32.9 Å². The highest BCUT2D eigenvalue weighted by Gasteiger charge is 2.40. The smallest absolute Gasteiger partial charge is 0.329 e. The Morgan fingerprint density at radius 2 is 2.11 bits per heavy atom. The standard InChI is InChI=1S/C13H21N3O3/c1-9-11(10(2)15(4)14-9)5-16-7-13(3,8-16)19-6-12(17)18/h5-8H2,1-4H3,(H,17,18). The van der Waals surface area contributed by atoms with E-state index in [-0.39, 0.29) is 12.2 Å². The fourth-order valence-corrected chi connectivity index (χ4v) is 2.61. The van der Waals surface area contributed by atoms with E-state index in [0.717, 1.165) is 25.3 Å². The van der Waals surface area contributed by atoms with E-state index in [1.54, 1.807) is 0 Å². The molecule has 1 aliphatic heterocycles. The number of aliphatic carboxylic acids is 1. The Bertz CT molecular complexity index is 490. The third-order valence-electron chi connectivity index (χ3n) is 3.70. The van der Waals surface area contributed by atoms with Gasteiger partial charge in [-0.1, -0.05) is 0 Å². The molecular weight excluding hydrogens is 246 g/mol. The molecule has 1 aromatic rings. The van der Waals surface area contributed by atoms with Crippen molar-refractivity contribution in [3.8, 4) is 0 Å². The highest BCUT2D eigenvalue weighted by molar-refractivity contribution is 5.68. The predicted octanol–water partition coefficient (Wildman–Crippen LogP) is 0.712. The van der Waals surface area contributed by atoms with Crippen LogP contribution in [-0.2, 0) is 23.1 Å². The maximum absolute atomic E-state index is 10.5. The Morgan fingerprint density at radius 1 is 1.47 bits per heavy atom. The van der Waals surface area contributed by atoms with Crippen LogP contribution in [0.2, 0.25) is 0 Å². The summed E-state index contributed by atoms with van der Waals surface area (Å²) in [7, 11) is 1.95. The van der Waals surface area contributed by atoms with Crippen molar-refractivity contribution in [3.63, 3.8) is 0 Å². The second kappa shape index (κ2) is 4.94. The number of likely N-dealkylation sites (tertiary alicyclic amines) is 1. The molecule has 1 N–H and O–H groups in total. The minimum Gasteiger partial charge on any atom is -0.480 e. The Morgan fingerprint density at radius 3 is 2.58 bits per heavy atom. The summed E-state index contributed by atoms with van der Waals surface area (Å²) in [5.41, 5.74) is 3.16. The maximum atomic E-state index is 10.5. The van der Waals surface area contributed by atoms with Gasteiger partial charge in [0.05, 0.1) is 11.3 Å². The minimum absolute atomic E-state index is 0.227. The number of carbonyl (C=O) groups is 1. The number of hydrogen-bond acceptors (Lipinski definition) is 4. The second-order valence-electron chi connectivity index (χ2n) is 5.55. The monoisotopic (exact) mass is 267 g/mol. The van der Waals surface area contributed by atoms with Gasteiger partial charge in [0.2, 0.25) is 0 Å². The van der Waals surface area contributed by atoms with Crippen molar-refractivity contribution in [1.82, 2.24) is 14.7 Å². The first-order valence-electron chi connectivity index (χ1n) is 6.38. The fourth-order valence-electron chi connectivity index (χ4n) is 2.61. The number of ether oxygens (including phenoxy) is 1. The van der Waals surface area contributed by atoms with Crippen LogP contribution in [0.1, 0.15) is 23.9 Å². The van der Waals surface area contributed by atoms with Gasteiger partial charge in [0, 0.05) is 37.9 Å². The molecule has 0 aliphatic carbocycles. The van der Waals surface area contributed by atoms with Gasteiger partial charge in [-0.2, -0.15) is 5.10 Å². The summed E-state index contributed by atoms with van der Waals surface area (Å²) in [6.07, 6.45) is 0. The zero-order valence-electron chi connectivity index (χ0n) is 11.9. The fraction of sp³-hybridized carbons (Fsp3) is 0.692. The average Bonchev–Trinajstić information content (AvgIpc) is 2.51. The third-order valence-corrected chi connectivity index (χ3v) is 3.70. The van der Waals surface area contributed by atoms with Crippen LogP contribution in [0.25, 0.3) is 0 Å². The molecule has 1 aromatic heterocycles. The molecule has 6 heteroatoms. The summed E-state index contributed by atoms with van der Waals surface area (Å²) in [6.45, 7) is 8.17. The van der Waals surface area contributed by atoms with E-state index in [4.69, 9.17) is 9.84 Å². The van der Waals surface area contributed by atoms with Gasteiger partial charge in [-0.25, -0.2) is 4.79 Å². The molecule has 2 heterocycles. The topological polar surface area (TPSA) is 67.6 Å². The quantitative estimate of drug-likeness (QED) is 0.851. The number of rotatable bonds is 5. The SMILES string of the molecule is Cc1nn(C)c(C)c1CN1CC(C)(OCC(=O)O)C1. The first-order valence-corrected chi connectivity index (χ1v) is 6.38. The molecule has 1 saturated heterocycles. The largest absolute Gasteiger partial charge is 0.480 e. The number of nitrogens with zero attached hydrogens (tertiary/aromatic N) is 3. The van der Waals surface area contributed by atoms with Crippen molar-refractivity contribution in [2.24, 2.45) is 7.05 Å². The second-order valence-corrected chi connectivity index (χ2v) is 5.55. The normalized spacial score (nSPS) is 18.3. The van der Waals surface area contributed by atoms with Gasteiger partial charge in [0.1, 0.15) is 6.61 Å². The first kappa shape index (κ1) is 14.0. The molecular formula is C13H21N3O3. The lowest BCUT2D eigenvalue weighted by Crippen LogP contribution is -2.61. The number of hydrogen-bond donors (Lipinski definition) is 1. The molecule has 0 bridgehead atoms. The van der Waals surface area contributed by atoms with Gasteiger partial charge in [0.15, 0.2) is 0 Å². The van der Waals surface area contributed by atoms with Crippen molar-refractivity contribution in [1.29, 1.82) is 0 Å². The predicted molar refractivity (Wildman–Crippen MR) is 70.0 cm³/mol. The summed E-state index contributed by atoms with van der Waals surface area (Å²) in [6, 6.07) is 0. The molecule has 0 spiro atoms. The van der Waals surface area contributed by atoms with Crippen molar-refractivity contribution in [3.05, 3.63) is 17.0 Å². The van der Waals surface area contributed by atoms with Crippen LogP contribution in [0.15, 0.2) is 0 Å². The molecule has 0 amide bonds. The molecule has 0 radical (unpaired) electrons. The molecule has 1 aliphatic rings. The van der Waals surface area contributed by atoms with E-state index in [1.165, 1.54) is 11.3 Å². The maximum Gasteiger partial charge on any atom is 0.329 e. The molecule has 0 aromatic carbocycles. The average molecular weight is 267 g/mol. The summed E-state index contributed by atoms with van der Waals surface area (Å²) in [5.74, 6) is -0.918. The van der Waals surface area contributed by atoms with Gasteiger partial charge < -0.3 is 9.84 Å². The minimum atomic E-state index is -0.918. The molecule has 0 atom stereocenters. The Balaban J connectivity index is 1.89. The number of carboxylic acid groups (broad SMARTS) is 1. The van der Waals surface area contributed by atoms with E-state index < -0.39 is 5.97 Å². The van der Waals surface area contributed by atoms with Crippen LogP contribution in [0.4, 0.5) is 0 Å². The zero-order chi connectivity index (χ0) is 14.2. The van der Waals surface area contributed by atoms with E-state index in [2.05, 4.69) is 16.9 Å². The Kier molecular flexibility index (Phi) is 3.64. The number of aryl methyl sites for hydroxylation is 2. The summed E-state index contributed by atoms with van der Waals surface area (Å²) >= 11 is 0. The van der Waals surface area contributed by atoms with Gasteiger partial charge in [-0.05, 0) is 20.8 Å². The Hall–Kier alpha value is -1.40. The van der Waals surface area contributed by atoms with Crippen molar-refractivity contribution in [2.75, 3.05) is 19.7 Å². The molecule has 1 fully saturated rings. The highest BCUT2D eigenvalue weighted by Crippen LogP contribution is 2.27. The number of aromatic nitrogens is 2. The van der Waals surface area contributed by atoms with Crippen LogP contribution < -0.4 is 0 Å². The number of carboxylic acids is 1. The van der Waals surface area contributed by atoms with E-state index in [9.17, 15) is 4.79 Å². The lowest BCUT2D eigenvalue weighted by Gasteiger charge is -2.47. The lowest BCUT2D eigenvalue weighted by molar-refractivity contribution is -0.165. The van der Waals surface area contributed by atoms with Crippen LogP contribution in [0.3, 0.4) is 0 Å². The van der Waals surface area contributed by atoms with Gasteiger partial charge in [0.25, 0.3) is 0 Å². The van der Waals surface area contributed by atoms with Gasteiger partial charge >= 0.3 is 5.97 Å². The van der Waals surface area contributed by atoms with E-state index in [1.807, 2.05) is 25.6 Å². The van der Waals surface area contributed by atoms with Gasteiger partial charge in [-0.15, -0.1) is 0 Å². The van der Waals surface area contributed by atoms with Crippen molar-refractivity contribution >= 4 is 5.97 Å². The zero-order valence-corrected chi connectivity index (χ0v) is 11.9. The third kappa shape index (κ3) is 2.96. The Labute approximate surface area is 113 Å². The first-order chi connectivity index (χ1) is 8.81. The molecule has 6 nitrogen and oxygen atoms in total. The molecule has 0 unspecified atom stereocenters. The van der Waals surface area contributed by atoms with Crippen LogP contribution >= 0.6 is 0 Å². The molecule has 2 rings (SSSR count). The van der Waals surface area contributed by atoms with Crippen LogP contribution in [-0.4, -0.2) is 51.1 Å². The summed E-state index contributed by atoms with van der Waals surface area (Å²) in [5, 5.41) is 13.0. The van der Waals surface area contributed by atoms with E-state index >= 15 is 0 Å². The van der Waals surface area contributed by atoms with Gasteiger partial charge in [-0.3, -0.25) is 9.58 Å². The molecule has 0 saturated carbocycles. The summed E-state index contributed by atoms with van der Waals surface area (Å²) in [4.78, 5) is 12.7. The molecule has 106 valence electrons. The van der Waals surface area contributed by atoms with Crippen LogP contribution in [0, 0.1) is 13.8 Å². The van der Waals surface area contributed by atoms with E-state index in [0.29, 0.717) is 0 Å². The molecule has 19 heavy (non-hydrogen) atoms. The van der Waals surface area contributed by atoms with Crippen molar-refractivity contribution < 1.29 is 14.6 Å². The van der Waals surface area contributed by atoms with Crippen LogP contribution in [0.5, 0.6) is 0 Å². The summed E-state index contributed by atoms with van der Waals surface area (Å²) < 4.78 is 7.29. The highest BCUT2D eigenvalue weighted by atomic mass is 16.5.